The van der Waals surface area contributed by atoms with Gasteiger partial charge in [-0.25, -0.2) is 4.74 Å². The molecule has 0 aromatic heterocycles. The maximum absolute atomic E-state index is 11.7. The molecule has 1 rings (SSSR count). The number of nitrogens with zero attached hydrogens (tertiary/aromatic N) is 1. The van der Waals surface area contributed by atoms with E-state index < -0.39 is 8.32 Å². The molecular weight excluding hydrogens is 254 g/mol. The first-order chi connectivity index (χ1) is 8.72. The molecule has 0 unspecified atom stereocenters. The molecule has 0 aliphatic carbocycles. The molecule has 0 saturated carbocycles. The highest BCUT2D eigenvalue weighted by atomic mass is 28.4. The SMILES string of the molecule is CC(C)(C)[Si](C)(C)OC/C=[N+](\[O-])Cc1ccccc1. The summed E-state index contributed by atoms with van der Waals surface area (Å²) in [5, 5.41) is 11.9. The Hall–Kier alpha value is -1.13. The van der Waals surface area contributed by atoms with Crippen LogP contribution in [0.2, 0.25) is 18.1 Å². The second-order valence-electron chi connectivity index (χ2n) is 6.31. The Balaban J connectivity index is 2.49. The fourth-order valence-electron chi connectivity index (χ4n) is 1.37. The Morgan fingerprint density at radius 3 is 2.32 bits per heavy atom. The lowest BCUT2D eigenvalue weighted by Gasteiger charge is -2.35. The van der Waals surface area contributed by atoms with Crippen LogP contribution in [-0.2, 0) is 11.0 Å². The van der Waals surface area contributed by atoms with Crippen LogP contribution >= 0.6 is 0 Å². The molecule has 0 atom stereocenters. The van der Waals surface area contributed by atoms with Crippen LogP contribution < -0.4 is 0 Å². The van der Waals surface area contributed by atoms with Gasteiger partial charge in [-0.2, -0.15) is 0 Å². The second-order valence-corrected chi connectivity index (χ2v) is 11.1. The predicted molar refractivity (Wildman–Crippen MR) is 83.0 cm³/mol. The first kappa shape index (κ1) is 15.9. The Morgan fingerprint density at radius 1 is 1.21 bits per heavy atom. The van der Waals surface area contributed by atoms with Crippen molar-refractivity contribution in [2.75, 3.05) is 6.61 Å². The second kappa shape index (κ2) is 6.35. The summed E-state index contributed by atoms with van der Waals surface area (Å²) in [4.78, 5) is 0. The van der Waals surface area contributed by atoms with Gasteiger partial charge in [0.1, 0.15) is 6.61 Å². The van der Waals surface area contributed by atoms with Crippen molar-refractivity contribution in [3.63, 3.8) is 0 Å². The van der Waals surface area contributed by atoms with Gasteiger partial charge >= 0.3 is 0 Å². The van der Waals surface area contributed by atoms with Crippen LogP contribution in [0.1, 0.15) is 26.3 Å². The smallest absolute Gasteiger partial charge is 0.192 e. The Bertz CT molecular complexity index is 422. The molecule has 19 heavy (non-hydrogen) atoms. The molecule has 1 aromatic rings. The fourth-order valence-corrected chi connectivity index (χ4v) is 2.30. The predicted octanol–water partition coefficient (Wildman–Crippen LogP) is 3.79. The minimum Gasteiger partial charge on any atom is -0.624 e. The largest absolute Gasteiger partial charge is 0.624 e. The molecule has 0 spiro atoms. The molecule has 4 heteroatoms. The highest BCUT2D eigenvalue weighted by Crippen LogP contribution is 2.36. The minimum absolute atomic E-state index is 0.175. The van der Waals surface area contributed by atoms with Crippen molar-refractivity contribution in [1.29, 1.82) is 0 Å². The van der Waals surface area contributed by atoms with Crippen molar-refractivity contribution in [1.82, 2.24) is 0 Å². The molecule has 3 nitrogen and oxygen atoms in total. The van der Waals surface area contributed by atoms with Crippen LogP contribution in [0.3, 0.4) is 0 Å². The van der Waals surface area contributed by atoms with Crippen LogP contribution in [0.25, 0.3) is 0 Å². The first-order valence-corrected chi connectivity index (χ1v) is 9.58. The average molecular weight is 279 g/mol. The third-order valence-electron chi connectivity index (χ3n) is 3.71. The number of hydrogen-bond acceptors (Lipinski definition) is 2. The molecule has 0 amide bonds. The molecule has 0 saturated heterocycles. The molecule has 0 aliphatic rings. The van der Waals surface area contributed by atoms with Gasteiger partial charge in [-0.1, -0.05) is 51.1 Å². The van der Waals surface area contributed by atoms with E-state index in [0.717, 1.165) is 10.3 Å². The molecule has 0 aliphatic heterocycles. The van der Waals surface area contributed by atoms with E-state index >= 15 is 0 Å². The van der Waals surface area contributed by atoms with Gasteiger partial charge in [0.05, 0.1) is 0 Å². The minimum atomic E-state index is -1.76. The van der Waals surface area contributed by atoms with Crippen LogP contribution in [-0.4, -0.2) is 25.9 Å². The zero-order chi connectivity index (χ0) is 14.5. The summed E-state index contributed by atoms with van der Waals surface area (Å²) in [7, 11) is -1.76. The standard InChI is InChI=1S/C15H25NO2Si/c1-15(2,3)19(4,5)18-12-11-16(17)13-14-9-7-6-8-10-14/h6-11H,12-13H2,1-5H3/b16-11-. The van der Waals surface area contributed by atoms with E-state index in [1.165, 1.54) is 0 Å². The summed E-state index contributed by atoms with van der Waals surface area (Å²) in [5.74, 6) is 0. The lowest BCUT2D eigenvalue weighted by Crippen LogP contribution is -2.41. The normalized spacial score (nSPS) is 13.6. The lowest BCUT2D eigenvalue weighted by molar-refractivity contribution is -0.471. The Kier molecular flexibility index (Phi) is 5.32. The van der Waals surface area contributed by atoms with Crippen molar-refractivity contribution in [2.45, 2.75) is 45.4 Å². The highest BCUT2D eigenvalue weighted by Gasteiger charge is 2.36. The zero-order valence-corrected chi connectivity index (χ0v) is 13.6. The van der Waals surface area contributed by atoms with Gasteiger partial charge in [0, 0.05) is 5.56 Å². The number of hydrogen-bond donors (Lipinski definition) is 0. The molecule has 0 radical (unpaired) electrons. The van der Waals surface area contributed by atoms with Gasteiger partial charge in [0.15, 0.2) is 21.1 Å². The maximum Gasteiger partial charge on any atom is 0.192 e. The van der Waals surface area contributed by atoms with Gasteiger partial charge < -0.3 is 9.63 Å². The lowest BCUT2D eigenvalue weighted by atomic mass is 10.2. The topological polar surface area (TPSA) is 35.3 Å². The monoisotopic (exact) mass is 279 g/mol. The maximum atomic E-state index is 11.7. The van der Waals surface area contributed by atoms with Gasteiger partial charge in [-0.15, -0.1) is 0 Å². The van der Waals surface area contributed by atoms with Crippen LogP contribution in [0, 0.1) is 5.21 Å². The zero-order valence-electron chi connectivity index (χ0n) is 12.6. The molecule has 0 heterocycles. The molecule has 0 fully saturated rings. The van der Waals surface area contributed by atoms with E-state index in [-0.39, 0.29) is 5.04 Å². The van der Waals surface area contributed by atoms with Crippen molar-refractivity contribution in [2.24, 2.45) is 0 Å². The molecule has 0 N–H and O–H groups in total. The quantitative estimate of drug-likeness (QED) is 0.270. The molecular formula is C15H25NO2Si. The van der Waals surface area contributed by atoms with E-state index in [1.807, 2.05) is 30.3 Å². The van der Waals surface area contributed by atoms with Crippen molar-refractivity contribution in [3.8, 4) is 0 Å². The van der Waals surface area contributed by atoms with E-state index in [2.05, 4.69) is 33.9 Å². The number of rotatable bonds is 5. The third kappa shape index (κ3) is 5.16. The van der Waals surface area contributed by atoms with E-state index in [4.69, 9.17) is 4.43 Å². The summed E-state index contributed by atoms with van der Waals surface area (Å²) in [6.45, 7) is 11.7. The van der Waals surface area contributed by atoms with Gasteiger partial charge in [0.2, 0.25) is 0 Å². The van der Waals surface area contributed by atoms with E-state index in [0.29, 0.717) is 13.2 Å². The summed E-state index contributed by atoms with van der Waals surface area (Å²) in [6.07, 6.45) is 1.59. The van der Waals surface area contributed by atoms with E-state index in [9.17, 15) is 5.21 Å². The first-order valence-electron chi connectivity index (χ1n) is 6.67. The highest BCUT2D eigenvalue weighted by molar-refractivity contribution is 6.74. The van der Waals surface area contributed by atoms with Crippen molar-refractivity contribution < 1.29 is 9.16 Å². The van der Waals surface area contributed by atoms with Crippen molar-refractivity contribution in [3.05, 3.63) is 41.1 Å². The van der Waals surface area contributed by atoms with Crippen LogP contribution in [0.5, 0.6) is 0 Å². The summed E-state index contributed by atoms with van der Waals surface area (Å²) < 4.78 is 6.89. The van der Waals surface area contributed by atoms with E-state index in [1.54, 1.807) is 6.21 Å². The number of hydroxylamine groups is 1. The molecule has 1 aromatic carbocycles. The molecule has 106 valence electrons. The van der Waals surface area contributed by atoms with Gasteiger partial charge in [0.25, 0.3) is 0 Å². The average Bonchev–Trinajstić information content (AvgIpc) is 2.28. The summed E-state index contributed by atoms with van der Waals surface area (Å²) in [5.41, 5.74) is 1.01. The number of benzene rings is 1. The third-order valence-corrected chi connectivity index (χ3v) is 8.21. The van der Waals surface area contributed by atoms with Crippen molar-refractivity contribution >= 4 is 14.5 Å². The van der Waals surface area contributed by atoms with Gasteiger partial charge in [-0.05, 0) is 18.1 Å². The van der Waals surface area contributed by atoms with Crippen LogP contribution in [0.4, 0.5) is 0 Å². The van der Waals surface area contributed by atoms with Gasteiger partial charge in [-0.3, -0.25) is 0 Å². The summed E-state index contributed by atoms with van der Waals surface area (Å²) >= 11 is 0. The Morgan fingerprint density at radius 2 is 1.79 bits per heavy atom. The fraction of sp³-hybridized carbons (Fsp3) is 0.533. The van der Waals surface area contributed by atoms with Crippen LogP contribution in [0.15, 0.2) is 30.3 Å². The molecule has 0 bridgehead atoms. The summed E-state index contributed by atoms with van der Waals surface area (Å²) in [6, 6.07) is 9.73. The Labute approximate surface area is 117 Å².